The Balaban J connectivity index is 2.18. The number of hydrogen-bond donors (Lipinski definition) is 2. The van der Waals surface area contributed by atoms with Crippen molar-refractivity contribution in [2.45, 2.75) is 26.2 Å². The first-order chi connectivity index (χ1) is 9.61. The number of rotatable bonds is 7. The van der Waals surface area contributed by atoms with Crippen molar-refractivity contribution in [1.82, 2.24) is 4.98 Å². The van der Waals surface area contributed by atoms with Gasteiger partial charge in [-0.3, -0.25) is 9.59 Å². The Morgan fingerprint density at radius 2 is 2.10 bits per heavy atom. The van der Waals surface area contributed by atoms with E-state index in [2.05, 4.69) is 4.98 Å². The average Bonchev–Trinajstić information content (AvgIpc) is 2.81. The molecule has 0 saturated heterocycles. The second kappa shape index (κ2) is 6.23. The fourth-order valence-electron chi connectivity index (χ4n) is 2.12. The lowest BCUT2D eigenvalue weighted by molar-refractivity contribution is -0.137. The molecule has 0 aliphatic heterocycles. The molecular weight excluding hydrogens is 258 g/mol. The van der Waals surface area contributed by atoms with Gasteiger partial charge in [-0.15, -0.1) is 0 Å². The molecule has 0 fully saturated rings. The zero-order valence-corrected chi connectivity index (χ0v) is 11.3. The van der Waals surface area contributed by atoms with Gasteiger partial charge in [0.2, 0.25) is 0 Å². The standard InChI is InChI=1S/C15H17NO4/c1-2-20-10-6-7-13-11(8-10)12(9-16-13)14(17)4-3-5-15(18)19/h6-9,16H,2-5H2,1H3,(H,18,19). The van der Waals surface area contributed by atoms with E-state index in [1.165, 1.54) is 0 Å². The van der Waals surface area contributed by atoms with Crippen molar-refractivity contribution in [1.29, 1.82) is 0 Å². The number of aliphatic carboxylic acids is 1. The molecule has 0 radical (unpaired) electrons. The summed E-state index contributed by atoms with van der Waals surface area (Å²) in [5.74, 6) is -0.208. The quantitative estimate of drug-likeness (QED) is 0.761. The van der Waals surface area contributed by atoms with Crippen molar-refractivity contribution in [2.75, 3.05) is 6.61 Å². The highest BCUT2D eigenvalue weighted by atomic mass is 16.5. The SMILES string of the molecule is CCOc1ccc2[nH]cc(C(=O)CCCC(=O)O)c2c1. The van der Waals surface area contributed by atoms with Crippen LogP contribution in [-0.4, -0.2) is 28.4 Å². The highest BCUT2D eigenvalue weighted by Gasteiger charge is 2.13. The Morgan fingerprint density at radius 3 is 2.80 bits per heavy atom. The minimum Gasteiger partial charge on any atom is -0.494 e. The van der Waals surface area contributed by atoms with Crippen LogP contribution in [-0.2, 0) is 4.79 Å². The van der Waals surface area contributed by atoms with Crippen molar-refractivity contribution < 1.29 is 19.4 Å². The summed E-state index contributed by atoms with van der Waals surface area (Å²) in [5, 5.41) is 9.41. The zero-order chi connectivity index (χ0) is 14.5. The molecule has 0 aliphatic carbocycles. The number of Topliss-reactive ketones (excluding diaryl/α,β-unsaturated/α-hetero) is 1. The molecule has 0 atom stereocenters. The fourth-order valence-corrected chi connectivity index (χ4v) is 2.12. The average molecular weight is 275 g/mol. The van der Waals surface area contributed by atoms with Gasteiger partial charge in [-0.25, -0.2) is 0 Å². The van der Waals surface area contributed by atoms with E-state index in [4.69, 9.17) is 9.84 Å². The Hall–Kier alpha value is -2.30. The van der Waals surface area contributed by atoms with E-state index in [9.17, 15) is 9.59 Å². The second-order valence-electron chi connectivity index (χ2n) is 4.51. The van der Waals surface area contributed by atoms with Gasteiger partial charge >= 0.3 is 5.97 Å². The molecule has 2 N–H and O–H groups in total. The van der Waals surface area contributed by atoms with Crippen LogP contribution in [0.25, 0.3) is 10.9 Å². The maximum Gasteiger partial charge on any atom is 0.303 e. The van der Waals surface area contributed by atoms with E-state index >= 15 is 0 Å². The van der Waals surface area contributed by atoms with Gasteiger partial charge in [0.15, 0.2) is 5.78 Å². The third-order valence-corrected chi connectivity index (χ3v) is 3.06. The molecule has 1 aromatic carbocycles. The number of ether oxygens (including phenoxy) is 1. The summed E-state index contributed by atoms with van der Waals surface area (Å²) in [6, 6.07) is 5.55. The summed E-state index contributed by atoms with van der Waals surface area (Å²) in [7, 11) is 0. The molecule has 1 aromatic heterocycles. The zero-order valence-electron chi connectivity index (χ0n) is 11.3. The van der Waals surface area contributed by atoms with Crippen LogP contribution in [0.2, 0.25) is 0 Å². The maximum atomic E-state index is 12.1. The summed E-state index contributed by atoms with van der Waals surface area (Å²) in [6.07, 6.45) is 2.27. The largest absolute Gasteiger partial charge is 0.494 e. The number of H-pyrrole nitrogens is 1. The van der Waals surface area contributed by atoms with Gasteiger partial charge in [-0.05, 0) is 31.5 Å². The predicted molar refractivity (Wildman–Crippen MR) is 75.3 cm³/mol. The van der Waals surface area contributed by atoms with Gasteiger partial charge in [-0.1, -0.05) is 0 Å². The lowest BCUT2D eigenvalue weighted by Gasteiger charge is -2.03. The number of carboxylic acids is 1. The summed E-state index contributed by atoms with van der Waals surface area (Å²) >= 11 is 0. The van der Waals surface area contributed by atoms with Crippen LogP contribution in [0.5, 0.6) is 5.75 Å². The summed E-state index contributed by atoms with van der Waals surface area (Å²) < 4.78 is 5.43. The van der Waals surface area contributed by atoms with Gasteiger partial charge in [-0.2, -0.15) is 0 Å². The van der Waals surface area contributed by atoms with Crippen LogP contribution >= 0.6 is 0 Å². The minimum absolute atomic E-state index is 0.0122. The number of carbonyl (C=O) groups excluding carboxylic acids is 1. The van der Waals surface area contributed by atoms with Crippen molar-refractivity contribution >= 4 is 22.7 Å². The van der Waals surface area contributed by atoms with E-state index in [-0.39, 0.29) is 18.6 Å². The molecule has 2 rings (SSSR count). The van der Waals surface area contributed by atoms with Gasteiger partial charge in [0.1, 0.15) is 5.75 Å². The Labute approximate surface area is 116 Å². The maximum absolute atomic E-state index is 12.1. The number of carbonyl (C=O) groups is 2. The van der Waals surface area contributed by atoms with Crippen LogP contribution in [0.4, 0.5) is 0 Å². The number of hydrogen-bond acceptors (Lipinski definition) is 3. The molecule has 5 heteroatoms. The van der Waals surface area contributed by atoms with E-state index in [1.807, 2.05) is 25.1 Å². The van der Waals surface area contributed by atoms with Crippen LogP contribution in [0.3, 0.4) is 0 Å². The number of carboxylic acid groups (broad SMARTS) is 1. The molecule has 0 spiro atoms. The first-order valence-corrected chi connectivity index (χ1v) is 6.60. The number of benzene rings is 1. The topological polar surface area (TPSA) is 79.4 Å². The Bertz CT molecular complexity index is 630. The van der Waals surface area contributed by atoms with Crippen molar-refractivity contribution in [3.8, 4) is 5.75 Å². The first-order valence-electron chi connectivity index (χ1n) is 6.60. The Morgan fingerprint density at radius 1 is 1.30 bits per heavy atom. The molecule has 0 aliphatic rings. The number of nitrogens with one attached hydrogen (secondary N) is 1. The second-order valence-corrected chi connectivity index (χ2v) is 4.51. The van der Waals surface area contributed by atoms with Gasteiger partial charge in [0, 0.05) is 35.5 Å². The molecule has 20 heavy (non-hydrogen) atoms. The third kappa shape index (κ3) is 3.17. The number of aromatic amines is 1. The van der Waals surface area contributed by atoms with Crippen molar-refractivity contribution in [3.05, 3.63) is 30.0 Å². The van der Waals surface area contributed by atoms with Crippen LogP contribution in [0.15, 0.2) is 24.4 Å². The van der Waals surface area contributed by atoms with Gasteiger partial charge < -0.3 is 14.8 Å². The number of aromatic nitrogens is 1. The molecular formula is C15H17NO4. The van der Waals surface area contributed by atoms with Crippen molar-refractivity contribution in [2.24, 2.45) is 0 Å². The molecule has 1 heterocycles. The third-order valence-electron chi connectivity index (χ3n) is 3.06. The molecule has 0 bridgehead atoms. The smallest absolute Gasteiger partial charge is 0.303 e. The lowest BCUT2D eigenvalue weighted by atomic mass is 10.0. The van der Waals surface area contributed by atoms with Gasteiger partial charge in [0.05, 0.1) is 6.61 Å². The Kier molecular flexibility index (Phi) is 4.40. The summed E-state index contributed by atoms with van der Waals surface area (Å²) in [4.78, 5) is 25.6. The summed E-state index contributed by atoms with van der Waals surface area (Å²) in [5.41, 5.74) is 1.46. The predicted octanol–water partition coefficient (Wildman–Crippen LogP) is 3.00. The molecule has 106 valence electrons. The number of fused-ring (bicyclic) bond motifs is 1. The normalized spacial score (nSPS) is 10.7. The molecule has 0 unspecified atom stereocenters. The number of ketones is 1. The van der Waals surface area contributed by atoms with Crippen LogP contribution in [0.1, 0.15) is 36.5 Å². The van der Waals surface area contributed by atoms with Crippen molar-refractivity contribution in [3.63, 3.8) is 0 Å². The lowest BCUT2D eigenvalue weighted by Crippen LogP contribution is -2.01. The molecule has 0 saturated carbocycles. The first kappa shape index (κ1) is 14.1. The van der Waals surface area contributed by atoms with E-state index in [0.717, 1.165) is 16.7 Å². The molecule has 0 amide bonds. The van der Waals surface area contributed by atoms with E-state index in [0.29, 0.717) is 18.6 Å². The van der Waals surface area contributed by atoms with E-state index in [1.54, 1.807) is 6.20 Å². The highest BCUT2D eigenvalue weighted by Crippen LogP contribution is 2.25. The van der Waals surface area contributed by atoms with Crippen LogP contribution < -0.4 is 4.74 Å². The van der Waals surface area contributed by atoms with Crippen LogP contribution in [0, 0.1) is 0 Å². The monoisotopic (exact) mass is 275 g/mol. The highest BCUT2D eigenvalue weighted by molar-refractivity contribution is 6.08. The summed E-state index contributed by atoms with van der Waals surface area (Å²) in [6.45, 7) is 2.47. The van der Waals surface area contributed by atoms with Gasteiger partial charge in [0.25, 0.3) is 0 Å². The fraction of sp³-hybridized carbons (Fsp3) is 0.333. The van der Waals surface area contributed by atoms with E-state index < -0.39 is 5.97 Å². The minimum atomic E-state index is -0.879. The molecule has 5 nitrogen and oxygen atoms in total. The molecule has 2 aromatic rings.